The summed E-state index contributed by atoms with van der Waals surface area (Å²) < 4.78 is 0. The minimum atomic E-state index is -0.170. The Morgan fingerprint density at radius 2 is 1.86 bits per heavy atom. The molecule has 0 unspecified atom stereocenters. The average Bonchev–Trinajstić information content (AvgIpc) is 3.04. The van der Waals surface area contributed by atoms with Gasteiger partial charge in [0.05, 0.1) is 10.0 Å². The van der Waals surface area contributed by atoms with Crippen molar-refractivity contribution in [1.29, 1.82) is 0 Å². The molecular weight excluding hydrogens is 323 g/mol. The highest BCUT2D eigenvalue weighted by atomic mass is 35.5. The van der Waals surface area contributed by atoms with E-state index < -0.39 is 0 Å². The molecule has 1 aliphatic heterocycles. The van der Waals surface area contributed by atoms with Crippen LogP contribution in [0, 0.1) is 0 Å². The van der Waals surface area contributed by atoms with Crippen molar-refractivity contribution in [2.24, 2.45) is 4.99 Å². The standard InChI is InChI=1S/C15H20Cl2N4O/c1-18-15(21-8-2-3-9-21)20-7-6-19-14(22)11-4-5-12(16)13(17)10-11/h4-5,10H,2-3,6-9H2,1H3,(H,18,20)(H,19,22). The summed E-state index contributed by atoms with van der Waals surface area (Å²) in [6.07, 6.45) is 2.41. The molecule has 0 bridgehead atoms. The zero-order valence-electron chi connectivity index (χ0n) is 12.5. The molecule has 1 aromatic rings. The lowest BCUT2D eigenvalue weighted by Gasteiger charge is -2.20. The molecule has 2 N–H and O–H groups in total. The summed E-state index contributed by atoms with van der Waals surface area (Å²) >= 11 is 11.7. The van der Waals surface area contributed by atoms with E-state index in [1.807, 2.05) is 0 Å². The fraction of sp³-hybridized carbons (Fsp3) is 0.467. The molecule has 1 heterocycles. The second-order valence-electron chi connectivity index (χ2n) is 5.05. The summed E-state index contributed by atoms with van der Waals surface area (Å²) in [5.74, 6) is 0.720. The molecule has 0 radical (unpaired) electrons. The number of carbonyl (C=O) groups excluding carboxylic acids is 1. The topological polar surface area (TPSA) is 56.7 Å². The third-order valence-corrected chi connectivity index (χ3v) is 4.23. The van der Waals surface area contributed by atoms with E-state index in [9.17, 15) is 4.79 Å². The summed E-state index contributed by atoms with van der Waals surface area (Å²) in [5, 5.41) is 6.91. The molecule has 5 nitrogen and oxygen atoms in total. The molecular formula is C15H20Cl2N4O. The van der Waals surface area contributed by atoms with Crippen LogP contribution in [0.3, 0.4) is 0 Å². The SMILES string of the molecule is CN=C(NCCNC(=O)c1ccc(Cl)c(Cl)c1)N1CCCC1. The minimum Gasteiger partial charge on any atom is -0.354 e. The lowest BCUT2D eigenvalue weighted by Crippen LogP contribution is -2.42. The highest BCUT2D eigenvalue weighted by molar-refractivity contribution is 6.42. The number of hydrogen-bond donors (Lipinski definition) is 2. The van der Waals surface area contributed by atoms with E-state index in [1.165, 1.54) is 12.8 Å². The summed E-state index contributed by atoms with van der Waals surface area (Å²) in [7, 11) is 1.77. The second kappa shape index (κ2) is 8.25. The van der Waals surface area contributed by atoms with Crippen LogP contribution in [0.1, 0.15) is 23.2 Å². The molecule has 7 heteroatoms. The summed E-state index contributed by atoms with van der Waals surface area (Å²) in [4.78, 5) is 18.5. The number of carbonyl (C=O) groups is 1. The average molecular weight is 343 g/mol. The van der Waals surface area contributed by atoms with Gasteiger partial charge in [-0.05, 0) is 31.0 Å². The molecule has 0 atom stereocenters. The van der Waals surface area contributed by atoms with Gasteiger partial charge in [0.15, 0.2) is 5.96 Å². The molecule has 0 spiro atoms. The third kappa shape index (κ3) is 4.52. The third-order valence-electron chi connectivity index (χ3n) is 3.49. The smallest absolute Gasteiger partial charge is 0.251 e. The van der Waals surface area contributed by atoms with Crippen LogP contribution in [0.2, 0.25) is 10.0 Å². The van der Waals surface area contributed by atoms with Gasteiger partial charge in [-0.3, -0.25) is 9.79 Å². The van der Waals surface area contributed by atoms with Gasteiger partial charge < -0.3 is 15.5 Å². The highest BCUT2D eigenvalue weighted by Gasteiger charge is 2.15. The fourth-order valence-electron chi connectivity index (χ4n) is 2.35. The van der Waals surface area contributed by atoms with Gasteiger partial charge >= 0.3 is 0 Å². The summed E-state index contributed by atoms with van der Waals surface area (Å²) in [6.45, 7) is 3.20. The Morgan fingerprint density at radius 1 is 1.18 bits per heavy atom. The normalized spacial score (nSPS) is 15.0. The van der Waals surface area contributed by atoms with E-state index in [2.05, 4.69) is 20.5 Å². The number of halogens is 2. The van der Waals surface area contributed by atoms with Gasteiger partial charge in [-0.25, -0.2) is 0 Å². The largest absolute Gasteiger partial charge is 0.354 e. The number of nitrogens with zero attached hydrogens (tertiary/aromatic N) is 2. The van der Waals surface area contributed by atoms with Gasteiger partial charge in [0, 0.05) is 38.8 Å². The second-order valence-corrected chi connectivity index (χ2v) is 5.87. The van der Waals surface area contributed by atoms with Crippen LogP contribution in [-0.2, 0) is 0 Å². The zero-order valence-corrected chi connectivity index (χ0v) is 14.0. The fourth-order valence-corrected chi connectivity index (χ4v) is 2.65. The maximum atomic E-state index is 12.0. The monoisotopic (exact) mass is 342 g/mol. The molecule has 22 heavy (non-hydrogen) atoms. The first-order valence-electron chi connectivity index (χ1n) is 7.30. The van der Waals surface area contributed by atoms with E-state index in [4.69, 9.17) is 23.2 Å². The summed E-state index contributed by atoms with van der Waals surface area (Å²) in [5.41, 5.74) is 0.498. The Balaban J connectivity index is 1.75. The number of hydrogen-bond acceptors (Lipinski definition) is 2. The van der Waals surface area contributed by atoms with Gasteiger partial charge in [-0.15, -0.1) is 0 Å². The molecule has 1 aliphatic rings. The molecule has 1 fully saturated rings. The molecule has 0 aliphatic carbocycles. The van der Waals surface area contributed by atoms with E-state index in [-0.39, 0.29) is 5.91 Å². The van der Waals surface area contributed by atoms with Gasteiger partial charge in [0.25, 0.3) is 5.91 Å². The molecule has 0 aromatic heterocycles. The van der Waals surface area contributed by atoms with Crippen molar-refractivity contribution in [2.45, 2.75) is 12.8 Å². The quantitative estimate of drug-likeness (QED) is 0.501. The van der Waals surface area contributed by atoms with Crippen LogP contribution in [0.5, 0.6) is 0 Å². The van der Waals surface area contributed by atoms with Gasteiger partial charge in [-0.1, -0.05) is 23.2 Å². The lowest BCUT2D eigenvalue weighted by molar-refractivity contribution is 0.0954. The van der Waals surface area contributed by atoms with E-state index in [0.717, 1.165) is 19.0 Å². The first-order chi connectivity index (χ1) is 10.6. The lowest BCUT2D eigenvalue weighted by atomic mass is 10.2. The van der Waals surface area contributed by atoms with Crippen LogP contribution >= 0.6 is 23.2 Å². The number of nitrogens with one attached hydrogen (secondary N) is 2. The first kappa shape index (κ1) is 16.9. The van der Waals surface area contributed by atoms with Crippen LogP contribution < -0.4 is 10.6 Å². The van der Waals surface area contributed by atoms with Crippen molar-refractivity contribution in [2.75, 3.05) is 33.2 Å². The number of likely N-dealkylation sites (tertiary alicyclic amines) is 1. The van der Waals surface area contributed by atoms with E-state index in [1.54, 1.807) is 25.2 Å². The Hall–Kier alpha value is -1.46. The highest BCUT2D eigenvalue weighted by Crippen LogP contribution is 2.22. The molecule has 2 rings (SSSR count). The number of rotatable bonds is 4. The minimum absolute atomic E-state index is 0.170. The number of amides is 1. The van der Waals surface area contributed by atoms with Crippen molar-refractivity contribution in [3.05, 3.63) is 33.8 Å². The van der Waals surface area contributed by atoms with Gasteiger partial charge in [0.1, 0.15) is 0 Å². The number of benzene rings is 1. The number of aliphatic imine (C=N–C) groups is 1. The Kier molecular flexibility index (Phi) is 6.34. The molecule has 1 amide bonds. The molecule has 120 valence electrons. The Bertz CT molecular complexity index is 556. The van der Waals surface area contributed by atoms with E-state index in [0.29, 0.717) is 28.7 Å². The van der Waals surface area contributed by atoms with Crippen LogP contribution in [0.4, 0.5) is 0 Å². The maximum Gasteiger partial charge on any atom is 0.251 e. The van der Waals surface area contributed by atoms with Crippen LogP contribution in [0.25, 0.3) is 0 Å². The zero-order chi connectivity index (χ0) is 15.9. The Labute approximate surface area is 140 Å². The van der Waals surface area contributed by atoms with Crippen molar-refractivity contribution in [3.8, 4) is 0 Å². The Morgan fingerprint density at radius 3 is 2.50 bits per heavy atom. The van der Waals surface area contributed by atoms with Crippen LogP contribution in [0.15, 0.2) is 23.2 Å². The summed E-state index contributed by atoms with van der Waals surface area (Å²) in [6, 6.07) is 4.84. The van der Waals surface area contributed by atoms with Crippen molar-refractivity contribution in [1.82, 2.24) is 15.5 Å². The molecule has 1 saturated heterocycles. The van der Waals surface area contributed by atoms with Crippen LogP contribution in [-0.4, -0.2) is 50.0 Å². The van der Waals surface area contributed by atoms with Crippen molar-refractivity contribution in [3.63, 3.8) is 0 Å². The number of guanidine groups is 1. The van der Waals surface area contributed by atoms with Crippen molar-refractivity contribution >= 4 is 35.1 Å². The maximum absolute atomic E-state index is 12.0. The predicted molar refractivity (Wildman–Crippen MR) is 91.0 cm³/mol. The predicted octanol–water partition coefficient (Wildman–Crippen LogP) is 2.39. The van der Waals surface area contributed by atoms with Crippen molar-refractivity contribution < 1.29 is 4.79 Å². The molecule has 1 aromatic carbocycles. The van der Waals surface area contributed by atoms with E-state index >= 15 is 0 Å². The van der Waals surface area contributed by atoms with Gasteiger partial charge in [0.2, 0.25) is 0 Å². The first-order valence-corrected chi connectivity index (χ1v) is 8.06. The van der Waals surface area contributed by atoms with Gasteiger partial charge in [-0.2, -0.15) is 0 Å². The molecule has 0 saturated carbocycles.